The van der Waals surface area contributed by atoms with Crippen molar-refractivity contribution in [2.45, 2.75) is 6.04 Å². The highest BCUT2D eigenvalue weighted by atomic mass is 35.5. The predicted molar refractivity (Wildman–Crippen MR) is 75.5 cm³/mol. The Morgan fingerprint density at radius 2 is 2.10 bits per heavy atom. The summed E-state index contributed by atoms with van der Waals surface area (Å²) in [6.07, 6.45) is 0. The molecule has 2 heterocycles. The van der Waals surface area contributed by atoms with Gasteiger partial charge in [0.1, 0.15) is 12.5 Å². The fraction of sp³-hybridized carbons (Fsp3) is 0.333. The van der Waals surface area contributed by atoms with Crippen LogP contribution >= 0.6 is 23.2 Å². The van der Waals surface area contributed by atoms with Crippen LogP contribution in [0.15, 0.2) is 12.1 Å². The minimum atomic E-state index is -0.705. The molecule has 112 valence electrons. The van der Waals surface area contributed by atoms with Gasteiger partial charge in [-0.2, -0.15) is 0 Å². The van der Waals surface area contributed by atoms with Crippen molar-refractivity contribution in [3.05, 3.63) is 22.2 Å². The summed E-state index contributed by atoms with van der Waals surface area (Å²) in [6, 6.07) is 1.67. The van der Waals surface area contributed by atoms with Gasteiger partial charge in [-0.3, -0.25) is 4.79 Å². The summed E-state index contributed by atoms with van der Waals surface area (Å²) in [5.74, 6) is -0.0933. The Balaban J connectivity index is 2.04. The smallest absolute Gasteiger partial charge is 0.346 e. The summed E-state index contributed by atoms with van der Waals surface area (Å²) in [5.41, 5.74) is 2.95. The number of anilines is 1. The van der Waals surface area contributed by atoms with Crippen LogP contribution in [-0.2, 0) is 9.53 Å². The average molecular weight is 332 g/mol. The molecule has 3 rings (SSSR count). The topological polar surface area (TPSA) is 71.1 Å². The first-order valence-electron chi connectivity index (χ1n) is 6.06. The molecule has 2 fully saturated rings. The second-order valence-electron chi connectivity index (χ2n) is 4.45. The number of benzene rings is 1. The van der Waals surface area contributed by atoms with Crippen molar-refractivity contribution in [2.75, 3.05) is 25.3 Å². The molecule has 0 radical (unpaired) electrons. The Bertz CT molecular complexity index is 601. The third-order valence-corrected chi connectivity index (χ3v) is 3.89. The number of hydrogen-bond donors (Lipinski definition) is 1. The molecule has 9 heteroatoms. The van der Waals surface area contributed by atoms with E-state index < -0.39 is 18.0 Å². The Labute approximate surface area is 130 Å². The van der Waals surface area contributed by atoms with Crippen LogP contribution in [0.25, 0.3) is 0 Å². The van der Waals surface area contributed by atoms with E-state index in [-0.39, 0.29) is 24.0 Å². The second kappa shape index (κ2) is 5.34. The number of carbonyl (C=O) groups is 2. The summed E-state index contributed by atoms with van der Waals surface area (Å²) in [6.45, 7) is 0.303. The van der Waals surface area contributed by atoms with Crippen molar-refractivity contribution >= 4 is 40.8 Å². The second-order valence-corrected chi connectivity index (χ2v) is 5.27. The van der Waals surface area contributed by atoms with Crippen molar-refractivity contribution in [3.63, 3.8) is 0 Å². The van der Waals surface area contributed by atoms with E-state index in [1.807, 2.05) is 0 Å². The third kappa shape index (κ3) is 2.22. The first kappa shape index (κ1) is 14.4. The molecule has 0 aliphatic carbocycles. The lowest BCUT2D eigenvalue weighted by molar-refractivity contribution is -0.126. The zero-order valence-corrected chi connectivity index (χ0v) is 12.4. The lowest BCUT2D eigenvalue weighted by Gasteiger charge is -2.26. The molecule has 21 heavy (non-hydrogen) atoms. The SMILES string of the molecule is COc1cc(N2C(=O)C3COCNN3C2=O)c(Cl)cc1Cl. The highest BCUT2D eigenvalue weighted by Gasteiger charge is 2.48. The number of urea groups is 1. The first-order valence-corrected chi connectivity index (χ1v) is 6.81. The average Bonchev–Trinajstić information content (AvgIpc) is 2.72. The van der Waals surface area contributed by atoms with Gasteiger partial charge in [0, 0.05) is 6.07 Å². The van der Waals surface area contributed by atoms with Gasteiger partial charge in [0.05, 0.1) is 29.4 Å². The summed E-state index contributed by atoms with van der Waals surface area (Å²) >= 11 is 12.1. The van der Waals surface area contributed by atoms with Crippen LogP contribution in [0.3, 0.4) is 0 Å². The minimum Gasteiger partial charge on any atom is -0.495 e. The molecular weight excluding hydrogens is 321 g/mol. The number of nitrogens with zero attached hydrogens (tertiary/aromatic N) is 2. The van der Waals surface area contributed by atoms with Crippen LogP contribution in [0.1, 0.15) is 0 Å². The van der Waals surface area contributed by atoms with E-state index >= 15 is 0 Å². The molecular formula is C12H11Cl2N3O4. The van der Waals surface area contributed by atoms with Crippen molar-refractivity contribution < 1.29 is 19.1 Å². The summed E-state index contributed by atoms with van der Waals surface area (Å²) in [7, 11) is 1.44. The van der Waals surface area contributed by atoms with Gasteiger partial charge in [0.2, 0.25) is 0 Å². The maximum absolute atomic E-state index is 12.4. The number of carbonyl (C=O) groups excluding carboxylic acids is 2. The molecule has 0 saturated carbocycles. The molecule has 1 unspecified atom stereocenters. The Hall–Kier alpha value is -1.54. The number of amides is 3. The zero-order valence-electron chi connectivity index (χ0n) is 10.9. The number of nitrogens with one attached hydrogen (secondary N) is 1. The van der Waals surface area contributed by atoms with Gasteiger partial charge in [0.15, 0.2) is 6.04 Å². The van der Waals surface area contributed by atoms with Crippen molar-refractivity contribution in [3.8, 4) is 5.75 Å². The Kier molecular flexibility index (Phi) is 3.66. The molecule has 2 saturated heterocycles. The van der Waals surface area contributed by atoms with E-state index in [0.29, 0.717) is 10.8 Å². The largest absolute Gasteiger partial charge is 0.495 e. The highest BCUT2D eigenvalue weighted by molar-refractivity contribution is 6.39. The maximum atomic E-state index is 12.4. The fourth-order valence-electron chi connectivity index (χ4n) is 2.27. The quantitative estimate of drug-likeness (QED) is 0.834. The third-order valence-electron chi connectivity index (χ3n) is 3.29. The number of fused-ring (bicyclic) bond motifs is 1. The van der Waals surface area contributed by atoms with E-state index in [2.05, 4.69) is 5.43 Å². The number of halogens is 2. The lowest BCUT2D eigenvalue weighted by Crippen LogP contribution is -2.53. The van der Waals surface area contributed by atoms with Gasteiger partial charge in [-0.15, -0.1) is 0 Å². The molecule has 1 atom stereocenters. The summed E-state index contributed by atoms with van der Waals surface area (Å²) < 4.78 is 10.2. The molecule has 1 aromatic rings. The first-order chi connectivity index (χ1) is 10.0. The van der Waals surface area contributed by atoms with Gasteiger partial charge in [-0.25, -0.2) is 20.1 Å². The van der Waals surface area contributed by atoms with Crippen LogP contribution in [0.2, 0.25) is 10.0 Å². The lowest BCUT2D eigenvalue weighted by atomic mass is 10.2. The molecule has 0 aromatic heterocycles. The monoisotopic (exact) mass is 331 g/mol. The molecule has 0 spiro atoms. The number of methoxy groups -OCH3 is 1. The van der Waals surface area contributed by atoms with E-state index in [0.717, 1.165) is 4.90 Å². The van der Waals surface area contributed by atoms with Gasteiger partial charge < -0.3 is 9.47 Å². The van der Waals surface area contributed by atoms with Crippen LogP contribution in [-0.4, -0.2) is 43.4 Å². The normalized spacial score (nSPS) is 21.8. The standard InChI is InChI=1S/C12H11Cl2N3O4/c1-20-10-3-8(6(13)2-7(10)14)16-11(18)9-4-21-5-15-17(9)12(16)19/h2-3,9,15H,4-5H2,1H3. The highest BCUT2D eigenvalue weighted by Crippen LogP contribution is 2.38. The van der Waals surface area contributed by atoms with Gasteiger partial charge >= 0.3 is 6.03 Å². The maximum Gasteiger partial charge on any atom is 0.346 e. The predicted octanol–water partition coefficient (Wildman–Crippen LogP) is 1.63. The van der Waals surface area contributed by atoms with Crippen LogP contribution in [0.4, 0.5) is 10.5 Å². The van der Waals surface area contributed by atoms with Crippen molar-refractivity contribution in [2.24, 2.45) is 0 Å². The molecule has 1 N–H and O–H groups in total. The number of hydrogen-bond acceptors (Lipinski definition) is 5. The summed E-state index contributed by atoms with van der Waals surface area (Å²) in [4.78, 5) is 25.8. The van der Waals surface area contributed by atoms with E-state index in [4.69, 9.17) is 32.7 Å². The number of rotatable bonds is 2. The van der Waals surface area contributed by atoms with Crippen LogP contribution in [0, 0.1) is 0 Å². The van der Waals surface area contributed by atoms with E-state index in [1.54, 1.807) is 0 Å². The number of hydrazine groups is 1. The molecule has 2 aliphatic rings. The minimum absolute atomic E-state index is 0.135. The summed E-state index contributed by atoms with van der Waals surface area (Å²) in [5, 5.41) is 1.72. The van der Waals surface area contributed by atoms with Gasteiger partial charge in [0.25, 0.3) is 5.91 Å². The van der Waals surface area contributed by atoms with Crippen molar-refractivity contribution in [1.82, 2.24) is 10.4 Å². The molecule has 2 aliphatic heterocycles. The molecule has 0 bridgehead atoms. The molecule has 7 nitrogen and oxygen atoms in total. The zero-order chi connectivity index (χ0) is 15.1. The van der Waals surface area contributed by atoms with Gasteiger partial charge in [-0.05, 0) is 6.07 Å². The van der Waals surface area contributed by atoms with Crippen LogP contribution < -0.4 is 15.1 Å². The number of ether oxygens (including phenoxy) is 2. The number of imide groups is 1. The van der Waals surface area contributed by atoms with Gasteiger partial charge in [-0.1, -0.05) is 23.2 Å². The van der Waals surface area contributed by atoms with E-state index in [1.165, 1.54) is 24.3 Å². The Morgan fingerprint density at radius 3 is 2.76 bits per heavy atom. The fourth-order valence-corrected chi connectivity index (χ4v) is 2.82. The molecule has 3 amide bonds. The van der Waals surface area contributed by atoms with Crippen molar-refractivity contribution in [1.29, 1.82) is 0 Å². The molecule has 1 aromatic carbocycles. The Morgan fingerprint density at radius 1 is 1.33 bits per heavy atom. The van der Waals surface area contributed by atoms with E-state index in [9.17, 15) is 9.59 Å². The van der Waals surface area contributed by atoms with Crippen LogP contribution in [0.5, 0.6) is 5.75 Å².